The van der Waals surface area contributed by atoms with Gasteiger partial charge >= 0.3 is 0 Å². The summed E-state index contributed by atoms with van der Waals surface area (Å²) >= 11 is 6.39. The summed E-state index contributed by atoms with van der Waals surface area (Å²) in [6.45, 7) is 1.47. The van der Waals surface area contributed by atoms with Gasteiger partial charge in [0.15, 0.2) is 15.6 Å². The van der Waals surface area contributed by atoms with E-state index in [4.69, 9.17) is 11.6 Å². The number of halogens is 1. The second-order valence-corrected chi connectivity index (χ2v) is 9.63. The highest BCUT2D eigenvalue weighted by Gasteiger charge is 2.16. The van der Waals surface area contributed by atoms with E-state index >= 15 is 0 Å². The number of aromatic nitrogens is 2. The predicted molar refractivity (Wildman–Crippen MR) is 123 cm³/mol. The third-order valence-corrected chi connectivity index (χ3v) is 6.37. The number of nitrogens with zero attached hydrogens (tertiary/aromatic N) is 2. The highest BCUT2D eigenvalue weighted by Crippen LogP contribution is 2.31. The van der Waals surface area contributed by atoms with Gasteiger partial charge in [0.1, 0.15) is 5.69 Å². The molecule has 1 aromatic heterocycles. The van der Waals surface area contributed by atoms with Gasteiger partial charge in [-0.15, -0.1) is 0 Å². The highest BCUT2D eigenvalue weighted by atomic mass is 35.5. The largest absolute Gasteiger partial charge is 0.293 e. The quantitative estimate of drug-likeness (QED) is 0.378. The number of hydrogen-bond donors (Lipinski definition) is 0. The van der Waals surface area contributed by atoms with Gasteiger partial charge in [-0.25, -0.2) is 13.1 Å². The lowest BCUT2D eigenvalue weighted by Gasteiger charge is -2.10. The smallest absolute Gasteiger partial charge is 0.180 e. The zero-order chi connectivity index (χ0) is 22.2. The van der Waals surface area contributed by atoms with Crippen molar-refractivity contribution in [2.45, 2.75) is 11.8 Å². The molecule has 0 aliphatic heterocycles. The summed E-state index contributed by atoms with van der Waals surface area (Å²) in [5, 5.41) is 5.04. The van der Waals surface area contributed by atoms with E-state index < -0.39 is 9.84 Å². The number of Topliss-reactive ketones (excluding diaryl/α,β-unsaturated/α-hetero) is 1. The first-order valence-corrected chi connectivity index (χ1v) is 11.8. The summed E-state index contributed by atoms with van der Waals surface area (Å²) in [5.41, 5.74) is 4.25. The minimum atomic E-state index is -3.29. The van der Waals surface area contributed by atoms with Crippen LogP contribution in [0.1, 0.15) is 17.4 Å². The first kappa shape index (κ1) is 21.0. The van der Waals surface area contributed by atoms with Crippen LogP contribution in [-0.4, -0.2) is 30.2 Å². The van der Waals surface area contributed by atoms with E-state index in [0.717, 1.165) is 22.4 Å². The van der Waals surface area contributed by atoms with Crippen LogP contribution in [0.4, 0.5) is 0 Å². The lowest BCUT2D eigenvalue weighted by atomic mass is 10.1. The molecule has 0 unspecified atom stereocenters. The molecule has 3 aromatic carbocycles. The van der Waals surface area contributed by atoms with Crippen molar-refractivity contribution in [3.8, 4) is 28.1 Å². The van der Waals surface area contributed by atoms with Crippen LogP contribution in [0.3, 0.4) is 0 Å². The summed E-state index contributed by atoms with van der Waals surface area (Å²) in [7, 11) is -3.29. The van der Waals surface area contributed by atoms with Gasteiger partial charge in [-0.2, -0.15) is 5.10 Å². The zero-order valence-electron chi connectivity index (χ0n) is 16.9. The number of carbonyl (C=O) groups is 1. The van der Waals surface area contributed by atoms with Crippen molar-refractivity contribution in [2.24, 2.45) is 0 Å². The molecule has 0 fully saturated rings. The van der Waals surface area contributed by atoms with Crippen molar-refractivity contribution in [1.29, 1.82) is 0 Å². The molecule has 7 heteroatoms. The van der Waals surface area contributed by atoms with Crippen molar-refractivity contribution < 1.29 is 13.2 Å². The predicted octanol–water partition coefficient (Wildman–Crippen LogP) is 5.47. The first-order chi connectivity index (χ1) is 14.7. The van der Waals surface area contributed by atoms with Crippen molar-refractivity contribution >= 4 is 27.2 Å². The molecule has 0 atom stereocenters. The molecule has 0 aliphatic rings. The summed E-state index contributed by atoms with van der Waals surface area (Å²) in [5.74, 6) is -0.138. The van der Waals surface area contributed by atoms with E-state index in [1.165, 1.54) is 13.2 Å². The number of rotatable bonds is 5. The Kier molecular flexibility index (Phi) is 5.52. The molecule has 4 aromatic rings. The lowest BCUT2D eigenvalue weighted by Crippen LogP contribution is -2.01. The summed E-state index contributed by atoms with van der Waals surface area (Å²) in [6, 6.07) is 23.5. The van der Waals surface area contributed by atoms with Crippen LogP contribution < -0.4 is 0 Å². The molecular weight excluding hydrogens is 432 g/mol. The van der Waals surface area contributed by atoms with E-state index in [9.17, 15) is 13.2 Å². The number of ketones is 1. The maximum Gasteiger partial charge on any atom is 0.180 e. The average Bonchev–Trinajstić information content (AvgIpc) is 3.19. The fraction of sp³-hybridized carbons (Fsp3) is 0.0833. The van der Waals surface area contributed by atoms with Crippen molar-refractivity contribution in [3.05, 3.63) is 89.6 Å². The maximum atomic E-state index is 12.0. The Labute approximate surface area is 185 Å². The first-order valence-electron chi connectivity index (χ1n) is 9.51. The van der Waals surface area contributed by atoms with Gasteiger partial charge in [0.25, 0.3) is 0 Å². The van der Waals surface area contributed by atoms with Crippen molar-refractivity contribution in [2.75, 3.05) is 6.26 Å². The summed E-state index contributed by atoms with van der Waals surface area (Å²) < 4.78 is 25.4. The Morgan fingerprint density at radius 2 is 1.61 bits per heavy atom. The highest BCUT2D eigenvalue weighted by molar-refractivity contribution is 7.90. The Hall–Kier alpha value is -3.22. The normalized spacial score (nSPS) is 11.5. The maximum absolute atomic E-state index is 12.0. The van der Waals surface area contributed by atoms with Gasteiger partial charge in [0.2, 0.25) is 0 Å². The summed E-state index contributed by atoms with van der Waals surface area (Å²) in [4.78, 5) is 12.2. The zero-order valence-corrected chi connectivity index (χ0v) is 18.5. The fourth-order valence-electron chi connectivity index (χ4n) is 3.31. The molecule has 4 rings (SSSR count). The number of hydrogen-bond acceptors (Lipinski definition) is 4. The van der Waals surface area contributed by atoms with Crippen LogP contribution >= 0.6 is 11.6 Å². The van der Waals surface area contributed by atoms with Gasteiger partial charge in [0, 0.05) is 23.8 Å². The number of sulfone groups is 1. The van der Waals surface area contributed by atoms with Crippen LogP contribution in [0.15, 0.2) is 83.8 Å². The standard InChI is InChI=1S/C24H19ClN2O3S/c1-16(28)23-15-24(21-8-3-4-9-22(21)25)27(26-23)19-12-10-17(11-13-19)18-6-5-7-20(14-18)31(2,29)30/h3-15H,1-2H3. The van der Waals surface area contributed by atoms with Crippen molar-refractivity contribution in [1.82, 2.24) is 9.78 Å². The molecular formula is C24H19ClN2O3S. The molecule has 0 bridgehead atoms. The minimum absolute atomic E-state index is 0.138. The third kappa shape index (κ3) is 4.31. The Balaban J connectivity index is 1.78. The molecule has 0 amide bonds. The fourth-order valence-corrected chi connectivity index (χ4v) is 4.21. The molecule has 0 saturated heterocycles. The van der Waals surface area contributed by atoms with Crippen molar-refractivity contribution in [3.63, 3.8) is 0 Å². The van der Waals surface area contributed by atoms with Crippen LogP contribution in [0.5, 0.6) is 0 Å². The summed E-state index contributed by atoms with van der Waals surface area (Å²) in [6.07, 6.45) is 1.19. The third-order valence-electron chi connectivity index (χ3n) is 4.93. The topological polar surface area (TPSA) is 69.0 Å². The van der Waals surface area contributed by atoms with E-state index in [0.29, 0.717) is 16.4 Å². The molecule has 0 N–H and O–H groups in total. The Bertz CT molecular complexity index is 1390. The molecule has 5 nitrogen and oxygen atoms in total. The molecule has 0 spiro atoms. The van der Waals surface area contributed by atoms with Gasteiger partial charge in [-0.3, -0.25) is 4.79 Å². The van der Waals surface area contributed by atoms with Crippen LogP contribution in [0, 0.1) is 0 Å². The van der Waals surface area contributed by atoms with E-state index in [1.54, 1.807) is 35.0 Å². The average molecular weight is 451 g/mol. The number of carbonyl (C=O) groups excluding carboxylic acids is 1. The molecule has 0 saturated carbocycles. The van der Waals surface area contributed by atoms with Crippen LogP contribution in [0.25, 0.3) is 28.1 Å². The number of benzene rings is 3. The van der Waals surface area contributed by atoms with Crippen LogP contribution in [0.2, 0.25) is 5.02 Å². The Morgan fingerprint density at radius 3 is 2.26 bits per heavy atom. The molecule has 1 heterocycles. The minimum Gasteiger partial charge on any atom is -0.293 e. The SMILES string of the molecule is CC(=O)c1cc(-c2ccccc2Cl)n(-c2ccc(-c3cccc(S(C)(=O)=O)c3)cc2)n1. The monoisotopic (exact) mass is 450 g/mol. The van der Waals surface area contributed by atoms with Gasteiger partial charge < -0.3 is 0 Å². The van der Waals surface area contributed by atoms with Gasteiger partial charge in [-0.1, -0.05) is 54.1 Å². The van der Waals surface area contributed by atoms with Gasteiger partial charge in [-0.05, 0) is 47.5 Å². The second-order valence-electron chi connectivity index (χ2n) is 7.21. The molecule has 0 aliphatic carbocycles. The van der Waals surface area contributed by atoms with E-state index in [-0.39, 0.29) is 10.7 Å². The lowest BCUT2D eigenvalue weighted by molar-refractivity contribution is 0.101. The molecule has 31 heavy (non-hydrogen) atoms. The Morgan fingerprint density at radius 1 is 0.903 bits per heavy atom. The van der Waals surface area contributed by atoms with Gasteiger partial charge in [0.05, 0.1) is 16.3 Å². The van der Waals surface area contributed by atoms with E-state index in [2.05, 4.69) is 5.10 Å². The van der Waals surface area contributed by atoms with Crippen LogP contribution in [-0.2, 0) is 9.84 Å². The second kappa shape index (κ2) is 8.13. The van der Waals surface area contributed by atoms with E-state index in [1.807, 2.05) is 48.5 Å². The molecule has 0 radical (unpaired) electrons. The molecule has 156 valence electrons.